The summed E-state index contributed by atoms with van der Waals surface area (Å²) in [6.07, 6.45) is -0.0239. The maximum atomic E-state index is 11.1. The number of aliphatic hydroxyl groups excluding tert-OH is 1. The lowest BCUT2D eigenvalue weighted by atomic mass is 10.2. The van der Waals surface area contributed by atoms with Crippen LogP contribution in [0.1, 0.15) is 40.5 Å². The molecule has 1 atom stereocenters. The fourth-order valence-electron chi connectivity index (χ4n) is 0.789. The van der Waals surface area contributed by atoms with Crippen LogP contribution in [0.15, 0.2) is 0 Å². The van der Waals surface area contributed by atoms with Crippen LogP contribution >= 0.6 is 0 Å². The second-order valence-electron chi connectivity index (χ2n) is 3.95. The summed E-state index contributed by atoms with van der Waals surface area (Å²) in [5, 5.41) is 11.5. The van der Waals surface area contributed by atoms with Crippen LogP contribution in [-0.4, -0.2) is 23.0 Å². The lowest BCUT2D eigenvalue weighted by molar-refractivity contribution is 0.0344. The van der Waals surface area contributed by atoms with Crippen molar-refractivity contribution < 1.29 is 14.6 Å². The number of carbonyl (C=O) groups is 1. The summed E-state index contributed by atoms with van der Waals surface area (Å²) >= 11 is 0. The summed E-state index contributed by atoms with van der Waals surface area (Å²) in [4.78, 5) is 11.1. The minimum atomic E-state index is -0.806. The van der Waals surface area contributed by atoms with Gasteiger partial charge in [-0.3, -0.25) is 5.32 Å². The van der Waals surface area contributed by atoms with Crippen LogP contribution in [0.2, 0.25) is 0 Å². The first-order valence-electron chi connectivity index (χ1n) is 4.52. The molecule has 0 aromatic rings. The molecule has 0 fully saturated rings. The van der Waals surface area contributed by atoms with Gasteiger partial charge in [0.2, 0.25) is 0 Å². The van der Waals surface area contributed by atoms with Gasteiger partial charge in [-0.05, 0) is 27.2 Å². The number of nitrogens with one attached hydrogen (secondary N) is 1. The molecule has 0 aromatic carbocycles. The normalized spacial score (nSPS) is 13.6. The zero-order valence-electron chi connectivity index (χ0n) is 8.76. The van der Waals surface area contributed by atoms with E-state index < -0.39 is 17.9 Å². The lowest BCUT2D eigenvalue weighted by Gasteiger charge is -2.21. The van der Waals surface area contributed by atoms with E-state index in [9.17, 15) is 9.90 Å². The summed E-state index contributed by atoms with van der Waals surface area (Å²) in [7, 11) is 0. The molecule has 0 saturated carbocycles. The van der Waals surface area contributed by atoms with Gasteiger partial charge in [0.1, 0.15) is 11.8 Å². The summed E-state index contributed by atoms with van der Waals surface area (Å²) in [6.45, 7) is 7.26. The predicted octanol–water partition coefficient (Wildman–Crippen LogP) is 1.63. The fourth-order valence-corrected chi connectivity index (χ4v) is 0.789. The Kier molecular flexibility index (Phi) is 4.77. The third-order valence-corrected chi connectivity index (χ3v) is 1.25. The maximum Gasteiger partial charge on any atom is 0.409 e. The monoisotopic (exact) mass is 189 g/mol. The first-order valence-corrected chi connectivity index (χ1v) is 4.52. The SMILES string of the molecule is CCC[C@@H](O)NC(=O)OC(C)(C)C. The fraction of sp³-hybridized carbons (Fsp3) is 0.889. The summed E-state index contributed by atoms with van der Waals surface area (Å²) in [6, 6.07) is 0. The molecule has 2 N–H and O–H groups in total. The predicted molar refractivity (Wildman–Crippen MR) is 50.3 cm³/mol. The van der Waals surface area contributed by atoms with Gasteiger partial charge < -0.3 is 9.84 Å². The number of rotatable bonds is 3. The average Bonchev–Trinajstić information content (AvgIpc) is 1.81. The first kappa shape index (κ1) is 12.2. The smallest absolute Gasteiger partial charge is 0.409 e. The molecule has 0 heterocycles. The van der Waals surface area contributed by atoms with E-state index in [0.717, 1.165) is 6.42 Å². The topological polar surface area (TPSA) is 58.6 Å². The molecule has 0 unspecified atom stereocenters. The van der Waals surface area contributed by atoms with E-state index >= 15 is 0 Å². The molecule has 0 saturated heterocycles. The van der Waals surface area contributed by atoms with Crippen LogP contribution in [0.4, 0.5) is 4.79 Å². The first-order chi connectivity index (χ1) is 5.85. The van der Waals surface area contributed by atoms with E-state index in [0.29, 0.717) is 6.42 Å². The van der Waals surface area contributed by atoms with E-state index in [1.807, 2.05) is 6.92 Å². The Balaban J connectivity index is 3.74. The van der Waals surface area contributed by atoms with Gasteiger partial charge >= 0.3 is 6.09 Å². The van der Waals surface area contributed by atoms with Gasteiger partial charge in [0.15, 0.2) is 0 Å². The van der Waals surface area contributed by atoms with E-state index in [-0.39, 0.29) is 0 Å². The molecule has 0 aromatic heterocycles. The zero-order chi connectivity index (χ0) is 10.5. The molecular formula is C9H19NO3. The Hall–Kier alpha value is -0.770. The van der Waals surface area contributed by atoms with Crippen molar-refractivity contribution in [3.8, 4) is 0 Å². The zero-order valence-corrected chi connectivity index (χ0v) is 8.76. The van der Waals surface area contributed by atoms with Crippen LogP contribution in [-0.2, 0) is 4.74 Å². The number of aliphatic hydroxyl groups is 1. The molecule has 0 radical (unpaired) electrons. The van der Waals surface area contributed by atoms with Crippen molar-refractivity contribution in [2.75, 3.05) is 0 Å². The molecule has 4 heteroatoms. The molecule has 0 aliphatic rings. The molecule has 0 aliphatic carbocycles. The standard InChI is InChI=1S/C9H19NO3/c1-5-6-7(11)10-8(12)13-9(2,3)4/h7,11H,5-6H2,1-4H3,(H,10,12)/t7-/m1/s1. The van der Waals surface area contributed by atoms with E-state index in [1.165, 1.54) is 0 Å². The van der Waals surface area contributed by atoms with E-state index in [1.54, 1.807) is 20.8 Å². The lowest BCUT2D eigenvalue weighted by Crippen LogP contribution is -2.38. The summed E-state index contributed by atoms with van der Waals surface area (Å²) in [5.74, 6) is 0. The molecule has 0 aliphatic heterocycles. The Labute approximate surface area is 79.3 Å². The highest BCUT2D eigenvalue weighted by atomic mass is 16.6. The van der Waals surface area contributed by atoms with Crippen molar-refractivity contribution in [1.82, 2.24) is 5.32 Å². The quantitative estimate of drug-likeness (QED) is 0.663. The van der Waals surface area contributed by atoms with Gasteiger partial charge in [-0.1, -0.05) is 13.3 Å². The molecule has 78 valence electrons. The van der Waals surface area contributed by atoms with Crippen LogP contribution in [0, 0.1) is 0 Å². The minimum Gasteiger partial charge on any atom is -0.444 e. The van der Waals surface area contributed by atoms with Crippen molar-refractivity contribution in [3.63, 3.8) is 0 Å². The highest BCUT2D eigenvalue weighted by molar-refractivity contribution is 5.67. The van der Waals surface area contributed by atoms with Gasteiger partial charge in [-0.15, -0.1) is 0 Å². The van der Waals surface area contributed by atoms with Crippen molar-refractivity contribution in [2.45, 2.75) is 52.4 Å². The van der Waals surface area contributed by atoms with Gasteiger partial charge in [-0.25, -0.2) is 4.79 Å². The van der Waals surface area contributed by atoms with Crippen molar-refractivity contribution in [1.29, 1.82) is 0 Å². The summed E-state index contributed by atoms with van der Waals surface area (Å²) in [5.41, 5.74) is -0.518. The van der Waals surface area contributed by atoms with Crippen LogP contribution in [0.25, 0.3) is 0 Å². The molecule has 13 heavy (non-hydrogen) atoms. The third kappa shape index (κ3) is 7.59. The number of carbonyl (C=O) groups excluding carboxylic acids is 1. The molecule has 1 amide bonds. The molecule has 4 nitrogen and oxygen atoms in total. The Morgan fingerprint density at radius 3 is 2.46 bits per heavy atom. The Bertz CT molecular complexity index is 163. The minimum absolute atomic E-state index is 0.518. The molecule has 0 bridgehead atoms. The largest absolute Gasteiger partial charge is 0.444 e. The molecule has 0 rings (SSSR count). The van der Waals surface area contributed by atoms with E-state index in [4.69, 9.17) is 4.74 Å². The second-order valence-corrected chi connectivity index (χ2v) is 3.95. The van der Waals surface area contributed by atoms with Crippen LogP contribution in [0.5, 0.6) is 0 Å². The van der Waals surface area contributed by atoms with Crippen LogP contribution in [0.3, 0.4) is 0 Å². The van der Waals surface area contributed by atoms with Gasteiger partial charge in [0, 0.05) is 0 Å². The van der Waals surface area contributed by atoms with Gasteiger partial charge in [0.05, 0.1) is 0 Å². The van der Waals surface area contributed by atoms with Crippen molar-refractivity contribution in [2.24, 2.45) is 0 Å². The summed E-state index contributed by atoms with van der Waals surface area (Å²) < 4.78 is 4.94. The number of hydrogen-bond acceptors (Lipinski definition) is 3. The van der Waals surface area contributed by atoms with Gasteiger partial charge in [-0.2, -0.15) is 0 Å². The molecule has 0 spiro atoms. The number of ether oxygens (including phenoxy) is 1. The van der Waals surface area contributed by atoms with Gasteiger partial charge in [0.25, 0.3) is 0 Å². The van der Waals surface area contributed by atoms with E-state index in [2.05, 4.69) is 5.32 Å². The third-order valence-electron chi connectivity index (χ3n) is 1.25. The number of amides is 1. The number of alkyl carbamates (subject to hydrolysis) is 1. The highest BCUT2D eigenvalue weighted by Crippen LogP contribution is 2.06. The van der Waals surface area contributed by atoms with Crippen molar-refractivity contribution >= 4 is 6.09 Å². The Morgan fingerprint density at radius 2 is 2.08 bits per heavy atom. The van der Waals surface area contributed by atoms with Crippen molar-refractivity contribution in [3.05, 3.63) is 0 Å². The van der Waals surface area contributed by atoms with Crippen LogP contribution < -0.4 is 5.32 Å². The average molecular weight is 189 g/mol. The second kappa shape index (κ2) is 5.07. The highest BCUT2D eigenvalue weighted by Gasteiger charge is 2.17. The molecular weight excluding hydrogens is 170 g/mol. The Morgan fingerprint density at radius 1 is 1.54 bits per heavy atom. The maximum absolute atomic E-state index is 11.1. The number of hydrogen-bond donors (Lipinski definition) is 2.